The number of halogens is 2. The summed E-state index contributed by atoms with van der Waals surface area (Å²) in [6.07, 6.45) is 4.34. The van der Waals surface area contributed by atoms with Gasteiger partial charge in [0.2, 0.25) is 5.79 Å². The van der Waals surface area contributed by atoms with Gasteiger partial charge in [-0.15, -0.1) is 0 Å². The van der Waals surface area contributed by atoms with Crippen LogP contribution in [-0.2, 0) is 28.4 Å². The van der Waals surface area contributed by atoms with Crippen molar-refractivity contribution in [3.63, 3.8) is 0 Å². The Balaban J connectivity index is 0.922. The minimum Gasteiger partial charge on any atom is -0.491 e. The molecule has 2 saturated heterocycles. The molecule has 2 atom stereocenters. The Morgan fingerprint density at radius 2 is 1.57 bits per heavy atom. The van der Waals surface area contributed by atoms with Crippen LogP contribution in [0.15, 0.2) is 90.5 Å². The molecule has 49 heavy (non-hydrogen) atoms. The second-order valence-electron chi connectivity index (χ2n) is 12.7. The van der Waals surface area contributed by atoms with Gasteiger partial charge in [0.1, 0.15) is 44.0 Å². The van der Waals surface area contributed by atoms with Gasteiger partial charge in [0.25, 0.3) is 0 Å². The summed E-state index contributed by atoms with van der Waals surface area (Å²) in [5.41, 5.74) is 3.64. The van der Waals surface area contributed by atoms with Crippen molar-refractivity contribution >= 4 is 34.6 Å². The first-order chi connectivity index (χ1) is 23.8. The minimum absolute atomic E-state index is 0.117. The van der Waals surface area contributed by atoms with Gasteiger partial charge < -0.3 is 24.0 Å². The van der Waals surface area contributed by atoms with Crippen LogP contribution in [0.1, 0.15) is 19.4 Å². The molecule has 5 aromatic rings. The molecule has 0 spiro atoms. The van der Waals surface area contributed by atoms with Crippen LogP contribution >= 0.6 is 23.2 Å². The van der Waals surface area contributed by atoms with Crippen LogP contribution in [0.2, 0.25) is 10.0 Å². The lowest BCUT2D eigenvalue weighted by molar-refractivity contribution is -0.190. The number of anilines is 2. The van der Waals surface area contributed by atoms with Gasteiger partial charge in [-0.25, -0.2) is 23.7 Å². The number of nitrogens with zero attached hydrogens (tertiary/aromatic N) is 8. The third-order valence-corrected chi connectivity index (χ3v) is 9.27. The number of benzene rings is 3. The Bertz CT molecular complexity index is 1910. The molecule has 2 aliphatic rings. The number of ether oxygens (including phenoxy) is 3. The average Bonchev–Trinajstić information content (AvgIpc) is 3.86. The quantitative estimate of drug-likeness (QED) is 0.182. The molecule has 14 heteroatoms. The van der Waals surface area contributed by atoms with Crippen molar-refractivity contribution in [2.75, 3.05) is 49.2 Å². The molecule has 3 aromatic carbocycles. The molecule has 7 rings (SSSR count). The topological polar surface area (TPSA) is 105 Å². The van der Waals surface area contributed by atoms with Gasteiger partial charge in [-0.05, 0) is 66.6 Å². The van der Waals surface area contributed by atoms with Gasteiger partial charge >= 0.3 is 5.69 Å². The lowest BCUT2D eigenvalue weighted by atomic mass is 10.1. The maximum absolute atomic E-state index is 12.7. The van der Waals surface area contributed by atoms with E-state index >= 15 is 0 Å². The molecule has 256 valence electrons. The van der Waals surface area contributed by atoms with Crippen molar-refractivity contribution in [2.24, 2.45) is 5.92 Å². The maximum atomic E-state index is 12.7. The molecule has 0 aliphatic carbocycles. The highest BCUT2D eigenvalue weighted by molar-refractivity contribution is 6.35. The first kappa shape index (κ1) is 33.2. The summed E-state index contributed by atoms with van der Waals surface area (Å²) in [5.74, 6) is -0.0605. The molecule has 4 heterocycles. The predicted molar refractivity (Wildman–Crippen MR) is 188 cm³/mol. The van der Waals surface area contributed by atoms with E-state index in [2.05, 4.69) is 63.1 Å². The standard InChI is InChI=1S/C35H38Cl2N8O4/c1-25(2)18-45-34(46)44(24-40-45)29-6-4-27(5-7-29)41-13-15-42(16-14-41)28-8-10-30(11-9-28)47-19-31-20-48-35(49-31,21-43-23-38-22-39-43)32-12-3-26(36)17-33(32)37/h3-12,17,22-25,31H,13-16,18-21H2,1-2H3/t31-,35-/m0/s1. The zero-order valence-corrected chi connectivity index (χ0v) is 28.9. The van der Waals surface area contributed by atoms with Crippen molar-refractivity contribution in [3.8, 4) is 11.4 Å². The number of hydrogen-bond donors (Lipinski definition) is 0. The fraction of sp³-hybridized carbons (Fsp3) is 0.371. The molecule has 0 saturated carbocycles. The summed E-state index contributed by atoms with van der Waals surface area (Å²) < 4.78 is 23.6. The van der Waals surface area contributed by atoms with Gasteiger partial charge in [-0.3, -0.25) is 0 Å². The molecular weight excluding hydrogens is 667 g/mol. The lowest BCUT2D eigenvalue weighted by Crippen LogP contribution is -2.46. The summed E-state index contributed by atoms with van der Waals surface area (Å²) in [7, 11) is 0. The highest BCUT2D eigenvalue weighted by Crippen LogP contribution is 2.40. The molecular formula is C35H38Cl2N8O4. The van der Waals surface area contributed by atoms with Crippen molar-refractivity contribution < 1.29 is 14.2 Å². The SMILES string of the molecule is CC(C)Cn1ncn(-c2ccc(N3CCN(c4ccc(OC[C@H]5CO[C@](Cn6cncn6)(c6ccc(Cl)cc6Cl)O5)cc4)CC3)cc2)c1=O. The molecule has 0 amide bonds. The Morgan fingerprint density at radius 3 is 2.20 bits per heavy atom. The maximum Gasteiger partial charge on any atom is 0.350 e. The molecule has 12 nitrogen and oxygen atoms in total. The zero-order valence-electron chi connectivity index (χ0n) is 27.4. The van der Waals surface area contributed by atoms with Crippen molar-refractivity contribution in [1.29, 1.82) is 0 Å². The minimum atomic E-state index is -1.16. The third-order valence-electron chi connectivity index (χ3n) is 8.72. The number of rotatable bonds is 11. The normalized spacial score (nSPS) is 19.6. The van der Waals surface area contributed by atoms with Gasteiger partial charge in [-0.1, -0.05) is 43.1 Å². The number of aromatic nitrogens is 6. The summed E-state index contributed by atoms with van der Waals surface area (Å²) >= 11 is 12.7. The summed E-state index contributed by atoms with van der Waals surface area (Å²) in [5, 5.41) is 9.47. The monoisotopic (exact) mass is 704 g/mol. The largest absolute Gasteiger partial charge is 0.491 e. The van der Waals surface area contributed by atoms with Crippen molar-refractivity contribution in [2.45, 2.75) is 38.8 Å². The second kappa shape index (κ2) is 14.2. The van der Waals surface area contributed by atoms with Crippen molar-refractivity contribution in [1.82, 2.24) is 29.1 Å². The molecule has 0 bridgehead atoms. The highest BCUT2D eigenvalue weighted by Gasteiger charge is 2.45. The highest BCUT2D eigenvalue weighted by atomic mass is 35.5. The molecule has 0 radical (unpaired) electrons. The smallest absolute Gasteiger partial charge is 0.350 e. The summed E-state index contributed by atoms with van der Waals surface area (Å²) in [4.78, 5) is 21.5. The van der Waals surface area contributed by atoms with Crippen molar-refractivity contribution in [3.05, 3.63) is 112 Å². The fourth-order valence-corrected chi connectivity index (χ4v) is 6.81. The Hall–Kier alpha value is -4.36. The van der Waals surface area contributed by atoms with E-state index in [1.807, 2.05) is 30.3 Å². The van der Waals surface area contributed by atoms with E-state index < -0.39 is 5.79 Å². The van der Waals surface area contributed by atoms with Crippen LogP contribution in [0.3, 0.4) is 0 Å². The first-order valence-corrected chi connectivity index (χ1v) is 17.1. The average molecular weight is 706 g/mol. The third kappa shape index (κ3) is 7.32. The van der Waals surface area contributed by atoms with Crippen LogP contribution in [-0.4, -0.2) is 74.6 Å². The number of piperazine rings is 1. The first-order valence-electron chi connectivity index (χ1n) is 16.3. The lowest BCUT2D eigenvalue weighted by Gasteiger charge is -2.37. The van der Waals surface area contributed by atoms with E-state index in [0.29, 0.717) is 41.3 Å². The molecule has 2 aromatic heterocycles. The fourth-order valence-electron chi connectivity index (χ4n) is 6.26. The van der Waals surface area contributed by atoms with Gasteiger partial charge in [-0.2, -0.15) is 10.2 Å². The molecule has 0 N–H and O–H groups in total. The van der Waals surface area contributed by atoms with Crippen LogP contribution < -0.4 is 20.2 Å². The van der Waals surface area contributed by atoms with E-state index in [1.54, 1.807) is 34.0 Å². The van der Waals surface area contributed by atoms with E-state index in [-0.39, 0.29) is 18.3 Å². The molecule has 0 unspecified atom stereocenters. The Morgan fingerprint density at radius 1 is 0.898 bits per heavy atom. The second-order valence-corrected chi connectivity index (χ2v) is 13.5. The van der Waals surface area contributed by atoms with E-state index in [0.717, 1.165) is 49.0 Å². The van der Waals surface area contributed by atoms with Crippen LogP contribution in [0.5, 0.6) is 5.75 Å². The van der Waals surface area contributed by atoms with Gasteiger partial charge in [0.15, 0.2) is 0 Å². The van der Waals surface area contributed by atoms with E-state index in [1.165, 1.54) is 11.0 Å². The summed E-state index contributed by atoms with van der Waals surface area (Å²) in [6.45, 7) is 9.18. The predicted octanol–water partition coefficient (Wildman–Crippen LogP) is 5.26. The van der Waals surface area contributed by atoms with Gasteiger partial charge in [0.05, 0.1) is 17.3 Å². The zero-order chi connectivity index (χ0) is 34.0. The van der Waals surface area contributed by atoms with E-state index in [4.69, 9.17) is 37.4 Å². The summed E-state index contributed by atoms with van der Waals surface area (Å²) in [6, 6.07) is 21.5. The Kier molecular flexibility index (Phi) is 9.64. The van der Waals surface area contributed by atoms with Crippen LogP contribution in [0, 0.1) is 5.92 Å². The Labute approximate surface area is 294 Å². The van der Waals surface area contributed by atoms with Crippen LogP contribution in [0.4, 0.5) is 11.4 Å². The van der Waals surface area contributed by atoms with Gasteiger partial charge in [0, 0.05) is 54.7 Å². The number of hydrogen-bond acceptors (Lipinski definition) is 9. The van der Waals surface area contributed by atoms with E-state index in [9.17, 15) is 4.79 Å². The molecule has 2 aliphatic heterocycles. The molecule has 2 fully saturated rings. The van der Waals surface area contributed by atoms with Crippen LogP contribution in [0.25, 0.3) is 5.69 Å².